The molecule has 0 unspecified atom stereocenters. The number of nitro groups is 1. The van der Waals surface area contributed by atoms with Crippen molar-refractivity contribution in [1.29, 1.82) is 0 Å². The summed E-state index contributed by atoms with van der Waals surface area (Å²) < 4.78 is 68.2. The first-order valence-electron chi connectivity index (χ1n) is 13.1. The summed E-state index contributed by atoms with van der Waals surface area (Å²) in [5.74, 6) is 0. The molecule has 228 valence electrons. The quantitative estimate of drug-likeness (QED) is 0.102. The zero-order valence-corrected chi connectivity index (χ0v) is 24.7. The molecule has 2 N–H and O–H groups in total. The van der Waals surface area contributed by atoms with Crippen LogP contribution in [0.4, 0.5) is 5.69 Å². The van der Waals surface area contributed by atoms with Crippen molar-refractivity contribution in [2.75, 3.05) is 0 Å². The molecule has 0 saturated heterocycles. The highest BCUT2D eigenvalue weighted by molar-refractivity contribution is 7.86. The number of nitrogens with zero attached hydrogens (tertiary/aromatic N) is 7. The normalized spacial score (nSPS) is 12.4. The summed E-state index contributed by atoms with van der Waals surface area (Å²) in [6, 6.07) is 17.9. The van der Waals surface area contributed by atoms with E-state index in [1.807, 2.05) is 43.3 Å². The minimum Gasteiger partial charge on any atom is -0.282 e. The molecule has 17 heteroatoms. The maximum Gasteiger partial charge on any atom is 0.295 e. The van der Waals surface area contributed by atoms with Crippen LogP contribution < -0.4 is 0 Å². The van der Waals surface area contributed by atoms with Gasteiger partial charge in [0.15, 0.2) is 0 Å². The predicted octanol–water partition coefficient (Wildman–Crippen LogP) is 4.29. The Kier molecular flexibility index (Phi) is 7.24. The van der Waals surface area contributed by atoms with Gasteiger partial charge in [0.1, 0.15) is 31.9 Å². The van der Waals surface area contributed by atoms with Crippen molar-refractivity contribution in [3.8, 4) is 11.4 Å². The lowest BCUT2D eigenvalue weighted by molar-refractivity contribution is -0.385. The van der Waals surface area contributed by atoms with E-state index in [-0.39, 0.29) is 16.8 Å². The molecule has 4 aromatic carbocycles. The van der Waals surface area contributed by atoms with Crippen LogP contribution in [-0.4, -0.2) is 60.9 Å². The van der Waals surface area contributed by atoms with Crippen LogP contribution in [0, 0.1) is 10.1 Å². The fraction of sp³-hybridized carbons (Fsp3) is 0.0714. The van der Waals surface area contributed by atoms with Crippen LogP contribution >= 0.6 is 0 Å². The van der Waals surface area contributed by atoms with Gasteiger partial charge in [-0.15, -0.1) is 20.4 Å². The maximum absolute atomic E-state index is 12.4. The second-order valence-corrected chi connectivity index (χ2v) is 12.5. The van der Waals surface area contributed by atoms with Crippen molar-refractivity contribution in [2.24, 2.45) is 0 Å². The van der Waals surface area contributed by atoms with E-state index in [4.69, 9.17) is 0 Å². The number of rotatable bonds is 8. The van der Waals surface area contributed by atoms with E-state index in [0.29, 0.717) is 34.6 Å². The van der Waals surface area contributed by atoms with Gasteiger partial charge in [-0.25, -0.2) is 0 Å². The SMILES string of the molecule is CCc1cc2nn(-c3ccccc3)nc2c2nn(-c3ccc(/C=C/c4ccc([N+](=O)[O-])cc4S(=O)(=O)O)c(S(=O)(=O)O)c3)nc12. The molecule has 0 spiro atoms. The first-order valence-corrected chi connectivity index (χ1v) is 16.0. The standard InChI is InChI=1S/C28H21N7O8S2/c1-2-17-14-23-27(31-33(29-23)20-6-4-3-5-7-20)28-26(17)30-34(32-28)21-12-10-18(24(15-21)44(38,39)40)8-9-19-11-13-22(35(36)37)16-25(19)45(41,42)43/h3-16H,2H2,1H3,(H,38,39,40)(H,41,42,43)/b9-8+. The summed E-state index contributed by atoms with van der Waals surface area (Å²) in [4.78, 5) is 11.6. The minimum atomic E-state index is -4.88. The second-order valence-electron chi connectivity index (χ2n) is 9.75. The number of hydrogen-bond acceptors (Lipinski definition) is 10. The Balaban J connectivity index is 1.45. The summed E-state index contributed by atoms with van der Waals surface area (Å²) >= 11 is 0. The highest BCUT2D eigenvalue weighted by Gasteiger charge is 2.22. The largest absolute Gasteiger partial charge is 0.295 e. The first kappa shape index (κ1) is 29.7. The lowest BCUT2D eigenvalue weighted by atomic mass is 10.1. The molecule has 2 heterocycles. The number of fused-ring (bicyclic) bond motifs is 3. The molecule has 15 nitrogen and oxygen atoms in total. The van der Waals surface area contributed by atoms with Crippen LogP contribution in [0.25, 0.3) is 45.6 Å². The van der Waals surface area contributed by atoms with Gasteiger partial charge >= 0.3 is 0 Å². The Bertz CT molecular complexity index is 2400. The van der Waals surface area contributed by atoms with Gasteiger partial charge in [0.2, 0.25) is 0 Å². The molecular formula is C28H21N7O8S2. The lowest BCUT2D eigenvalue weighted by Crippen LogP contribution is -2.05. The number of aromatic nitrogens is 6. The number of aryl methyl sites for hydroxylation is 1. The van der Waals surface area contributed by atoms with Crippen LogP contribution in [0.5, 0.6) is 0 Å². The van der Waals surface area contributed by atoms with Gasteiger partial charge in [0.25, 0.3) is 25.9 Å². The number of nitro benzene ring substituents is 1. The Morgan fingerprint density at radius 1 is 0.733 bits per heavy atom. The fourth-order valence-corrected chi connectivity index (χ4v) is 6.15. The third-order valence-electron chi connectivity index (χ3n) is 6.90. The fourth-order valence-electron chi connectivity index (χ4n) is 4.75. The highest BCUT2D eigenvalue weighted by atomic mass is 32.2. The molecule has 6 rings (SSSR count). The zero-order valence-electron chi connectivity index (χ0n) is 23.1. The first-order chi connectivity index (χ1) is 21.3. The monoisotopic (exact) mass is 647 g/mol. The molecule has 0 radical (unpaired) electrons. The van der Waals surface area contributed by atoms with E-state index >= 15 is 0 Å². The highest BCUT2D eigenvalue weighted by Crippen LogP contribution is 2.29. The second kappa shape index (κ2) is 11.0. The topological polar surface area (TPSA) is 213 Å². The summed E-state index contributed by atoms with van der Waals surface area (Å²) in [6.45, 7) is 1.94. The van der Waals surface area contributed by atoms with Gasteiger partial charge < -0.3 is 0 Å². The molecule has 0 aliphatic carbocycles. The average molecular weight is 648 g/mol. The molecule has 0 aliphatic heterocycles. The lowest BCUT2D eigenvalue weighted by Gasteiger charge is -2.07. The molecule has 0 aliphatic rings. The Hall–Kier alpha value is -5.36. The summed E-state index contributed by atoms with van der Waals surface area (Å²) in [5, 5.41) is 29.4. The molecule has 0 bridgehead atoms. The number of para-hydroxylation sites is 1. The molecule has 0 saturated carbocycles. The van der Waals surface area contributed by atoms with Gasteiger partial charge in [-0.05, 0) is 59.5 Å². The average Bonchev–Trinajstić information content (AvgIpc) is 3.64. The third-order valence-corrected chi connectivity index (χ3v) is 8.71. The molecule has 0 amide bonds. The van der Waals surface area contributed by atoms with E-state index < -0.39 is 40.6 Å². The van der Waals surface area contributed by atoms with Gasteiger partial charge in [0, 0.05) is 12.1 Å². The van der Waals surface area contributed by atoms with Crippen LogP contribution in [-0.2, 0) is 26.7 Å². The van der Waals surface area contributed by atoms with Gasteiger partial charge in [-0.3, -0.25) is 19.2 Å². The molecular weight excluding hydrogens is 626 g/mol. The van der Waals surface area contributed by atoms with E-state index in [2.05, 4.69) is 20.4 Å². The van der Waals surface area contributed by atoms with Crippen molar-refractivity contribution < 1.29 is 30.9 Å². The van der Waals surface area contributed by atoms with Crippen LogP contribution in [0.3, 0.4) is 0 Å². The summed E-state index contributed by atoms with van der Waals surface area (Å²) in [7, 11) is -9.71. The van der Waals surface area contributed by atoms with Crippen LogP contribution in [0.1, 0.15) is 23.6 Å². The predicted molar refractivity (Wildman–Crippen MR) is 162 cm³/mol. The summed E-state index contributed by atoms with van der Waals surface area (Å²) in [6.07, 6.45) is 2.91. The number of non-ortho nitro benzene ring substituents is 1. The zero-order chi connectivity index (χ0) is 32.1. The number of hydrogen-bond donors (Lipinski definition) is 2. The van der Waals surface area contributed by atoms with E-state index in [1.165, 1.54) is 27.8 Å². The summed E-state index contributed by atoms with van der Waals surface area (Å²) in [5.41, 5.74) is 2.98. The Morgan fingerprint density at radius 3 is 1.93 bits per heavy atom. The van der Waals surface area contributed by atoms with Crippen molar-refractivity contribution in [3.63, 3.8) is 0 Å². The smallest absolute Gasteiger partial charge is 0.282 e. The molecule has 2 aromatic heterocycles. The van der Waals surface area contributed by atoms with E-state index in [0.717, 1.165) is 35.5 Å². The molecule has 0 fully saturated rings. The number of benzene rings is 4. The molecule has 45 heavy (non-hydrogen) atoms. The molecule has 6 aromatic rings. The molecule has 0 atom stereocenters. The van der Waals surface area contributed by atoms with Crippen LogP contribution in [0.15, 0.2) is 82.6 Å². The van der Waals surface area contributed by atoms with E-state index in [1.54, 1.807) is 0 Å². The third kappa shape index (κ3) is 5.67. The van der Waals surface area contributed by atoms with Crippen molar-refractivity contribution in [1.82, 2.24) is 30.0 Å². The Morgan fingerprint density at radius 2 is 1.31 bits per heavy atom. The van der Waals surface area contributed by atoms with Crippen molar-refractivity contribution in [2.45, 2.75) is 23.1 Å². The van der Waals surface area contributed by atoms with Gasteiger partial charge in [-0.2, -0.15) is 26.4 Å². The maximum atomic E-state index is 12.4. The van der Waals surface area contributed by atoms with Gasteiger partial charge in [-0.1, -0.05) is 43.3 Å². The Labute approximate surface area is 254 Å². The van der Waals surface area contributed by atoms with E-state index in [9.17, 15) is 36.1 Å². The van der Waals surface area contributed by atoms with Crippen LogP contribution in [0.2, 0.25) is 0 Å². The van der Waals surface area contributed by atoms with Crippen molar-refractivity contribution in [3.05, 3.63) is 99.6 Å². The van der Waals surface area contributed by atoms with Crippen molar-refractivity contribution >= 4 is 60.1 Å². The minimum absolute atomic E-state index is 0.0555. The van der Waals surface area contributed by atoms with Gasteiger partial charge in [0.05, 0.1) is 16.3 Å².